The highest BCUT2D eigenvalue weighted by molar-refractivity contribution is 5.92. The number of hydrogen-bond donors (Lipinski definition) is 1. The third-order valence-corrected chi connectivity index (χ3v) is 3.75. The van der Waals surface area contributed by atoms with Crippen molar-refractivity contribution in [3.8, 4) is 16.8 Å². The van der Waals surface area contributed by atoms with Crippen LogP contribution in [0.4, 0.5) is 0 Å². The minimum atomic E-state index is -0.993. The predicted octanol–water partition coefficient (Wildman–Crippen LogP) is 2.48. The fourth-order valence-corrected chi connectivity index (χ4v) is 2.55. The molecule has 0 amide bonds. The largest absolute Gasteiger partial charge is 0.478 e. The maximum atomic E-state index is 11.7. The van der Waals surface area contributed by atoms with E-state index in [2.05, 4.69) is 15.5 Å². The topological polar surface area (TPSA) is 90.1 Å². The first-order valence-electron chi connectivity index (χ1n) is 7.31. The fraction of sp³-hybridized carbons (Fsp3) is 0.176. The van der Waals surface area contributed by atoms with E-state index in [1.165, 1.54) is 4.68 Å². The Kier molecular flexibility index (Phi) is 4.35. The van der Waals surface area contributed by atoms with Crippen LogP contribution in [0.1, 0.15) is 21.7 Å². The Bertz CT molecular complexity index is 875. The van der Waals surface area contributed by atoms with Crippen LogP contribution < -0.4 is 0 Å². The second kappa shape index (κ2) is 6.59. The van der Waals surface area contributed by atoms with Gasteiger partial charge in [0.15, 0.2) is 5.82 Å². The summed E-state index contributed by atoms with van der Waals surface area (Å²) in [5, 5.41) is 21.1. The summed E-state index contributed by atoms with van der Waals surface area (Å²) < 4.78 is 6.61. The minimum Gasteiger partial charge on any atom is -0.478 e. The molecule has 0 saturated carbocycles. The van der Waals surface area contributed by atoms with Gasteiger partial charge in [-0.25, -0.2) is 4.79 Å². The molecule has 0 bridgehead atoms. The van der Waals surface area contributed by atoms with Crippen LogP contribution in [0, 0.1) is 6.92 Å². The van der Waals surface area contributed by atoms with E-state index in [9.17, 15) is 9.90 Å². The Morgan fingerprint density at radius 3 is 2.62 bits per heavy atom. The summed E-state index contributed by atoms with van der Waals surface area (Å²) >= 11 is 0. The number of aromatic carboxylic acids is 1. The van der Waals surface area contributed by atoms with Gasteiger partial charge < -0.3 is 9.84 Å². The number of rotatable bonds is 5. The standard InChI is InChI=1S/C17H16N4O3/c1-11-14(17(22)23)8-13(12-6-4-3-5-7-12)9-15(11)21-16(10-24-2)18-19-20-21/h3-9H,10H2,1-2H3,(H,22,23). The van der Waals surface area contributed by atoms with Crippen LogP contribution >= 0.6 is 0 Å². The molecule has 3 rings (SSSR count). The summed E-state index contributed by atoms with van der Waals surface area (Å²) in [4.78, 5) is 11.7. The maximum absolute atomic E-state index is 11.7. The second-order valence-corrected chi connectivity index (χ2v) is 5.28. The molecule has 122 valence electrons. The van der Waals surface area contributed by atoms with Crippen LogP contribution in [-0.4, -0.2) is 38.4 Å². The lowest BCUT2D eigenvalue weighted by atomic mass is 9.98. The molecular formula is C17H16N4O3. The van der Waals surface area contributed by atoms with Gasteiger partial charge in [0.2, 0.25) is 0 Å². The third-order valence-electron chi connectivity index (χ3n) is 3.75. The summed E-state index contributed by atoms with van der Waals surface area (Å²) in [5.74, 6) is -0.491. The molecule has 0 saturated heterocycles. The molecule has 1 heterocycles. The molecule has 0 aliphatic rings. The van der Waals surface area contributed by atoms with Gasteiger partial charge in [0.25, 0.3) is 0 Å². The molecular weight excluding hydrogens is 308 g/mol. The van der Waals surface area contributed by atoms with Gasteiger partial charge >= 0.3 is 5.97 Å². The van der Waals surface area contributed by atoms with E-state index in [1.807, 2.05) is 36.4 Å². The van der Waals surface area contributed by atoms with Crippen LogP contribution in [0.5, 0.6) is 0 Å². The van der Waals surface area contributed by atoms with Crippen molar-refractivity contribution in [3.63, 3.8) is 0 Å². The molecule has 3 aromatic rings. The maximum Gasteiger partial charge on any atom is 0.336 e. The molecule has 1 aromatic heterocycles. The van der Waals surface area contributed by atoms with Gasteiger partial charge in [-0.15, -0.1) is 5.10 Å². The van der Waals surface area contributed by atoms with E-state index < -0.39 is 5.97 Å². The molecule has 2 aromatic carbocycles. The SMILES string of the molecule is COCc1nnnn1-c1cc(-c2ccccc2)cc(C(=O)O)c1C. The highest BCUT2D eigenvalue weighted by atomic mass is 16.5. The molecule has 0 spiro atoms. The van der Waals surface area contributed by atoms with Crippen molar-refractivity contribution in [3.05, 3.63) is 59.4 Å². The number of carboxylic acid groups (broad SMARTS) is 1. The number of carbonyl (C=O) groups is 1. The lowest BCUT2D eigenvalue weighted by molar-refractivity contribution is 0.0696. The van der Waals surface area contributed by atoms with Crippen molar-refractivity contribution < 1.29 is 14.6 Å². The van der Waals surface area contributed by atoms with Crippen LogP contribution in [0.25, 0.3) is 16.8 Å². The zero-order valence-electron chi connectivity index (χ0n) is 13.3. The average molecular weight is 324 g/mol. The molecule has 0 fully saturated rings. The molecule has 0 radical (unpaired) electrons. The third kappa shape index (κ3) is 2.89. The predicted molar refractivity (Wildman–Crippen MR) is 87.0 cm³/mol. The number of aromatic nitrogens is 4. The lowest BCUT2D eigenvalue weighted by Crippen LogP contribution is -2.10. The van der Waals surface area contributed by atoms with Gasteiger partial charge in [-0.05, 0) is 46.2 Å². The zero-order chi connectivity index (χ0) is 17.1. The van der Waals surface area contributed by atoms with Crippen LogP contribution in [0.15, 0.2) is 42.5 Å². The monoisotopic (exact) mass is 324 g/mol. The van der Waals surface area contributed by atoms with Crippen molar-refractivity contribution in [1.82, 2.24) is 20.2 Å². The normalized spacial score (nSPS) is 10.8. The average Bonchev–Trinajstić information content (AvgIpc) is 3.04. The van der Waals surface area contributed by atoms with Crippen LogP contribution in [-0.2, 0) is 11.3 Å². The Hall–Kier alpha value is -3.06. The van der Waals surface area contributed by atoms with Gasteiger partial charge in [0.1, 0.15) is 6.61 Å². The van der Waals surface area contributed by atoms with Gasteiger partial charge in [-0.1, -0.05) is 30.3 Å². The fourth-order valence-electron chi connectivity index (χ4n) is 2.55. The molecule has 0 aliphatic heterocycles. The molecule has 0 aliphatic carbocycles. The summed E-state index contributed by atoms with van der Waals surface area (Å²) in [6, 6.07) is 13.1. The van der Waals surface area contributed by atoms with Crippen molar-refractivity contribution in [2.75, 3.05) is 7.11 Å². The lowest BCUT2D eigenvalue weighted by Gasteiger charge is -2.13. The number of tetrazole rings is 1. The first kappa shape index (κ1) is 15.8. The first-order valence-corrected chi connectivity index (χ1v) is 7.31. The number of benzene rings is 2. The van der Waals surface area contributed by atoms with Crippen molar-refractivity contribution >= 4 is 5.97 Å². The van der Waals surface area contributed by atoms with E-state index >= 15 is 0 Å². The second-order valence-electron chi connectivity index (χ2n) is 5.28. The van der Waals surface area contributed by atoms with E-state index in [1.54, 1.807) is 20.1 Å². The van der Waals surface area contributed by atoms with Gasteiger partial charge in [0, 0.05) is 7.11 Å². The van der Waals surface area contributed by atoms with Crippen LogP contribution in [0.3, 0.4) is 0 Å². The number of methoxy groups -OCH3 is 1. The van der Waals surface area contributed by atoms with E-state index in [0.717, 1.165) is 11.1 Å². The Morgan fingerprint density at radius 1 is 1.21 bits per heavy atom. The number of ether oxygens (including phenoxy) is 1. The minimum absolute atomic E-state index is 0.213. The zero-order valence-corrected chi connectivity index (χ0v) is 13.3. The van der Waals surface area contributed by atoms with Gasteiger partial charge in [0.05, 0.1) is 11.3 Å². The van der Waals surface area contributed by atoms with Crippen molar-refractivity contribution in [1.29, 1.82) is 0 Å². The molecule has 7 heteroatoms. The summed E-state index contributed by atoms with van der Waals surface area (Å²) in [6.07, 6.45) is 0. The Balaban J connectivity index is 2.23. The first-order chi connectivity index (χ1) is 11.6. The Morgan fingerprint density at radius 2 is 1.96 bits per heavy atom. The number of carboxylic acids is 1. The summed E-state index contributed by atoms with van der Waals surface area (Å²) in [5.41, 5.74) is 3.12. The highest BCUT2D eigenvalue weighted by Crippen LogP contribution is 2.28. The number of hydrogen-bond acceptors (Lipinski definition) is 5. The summed E-state index contributed by atoms with van der Waals surface area (Å²) in [7, 11) is 1.55. The highest BCUT2D eigenvalue weighted by Gasteiger charge is 2.18. The quantitative estimate of drug-likeness (QED) is 0.775. The van der Waals surface area contributed by atoms with E-state index in [4.69, 9.17) is 4.74 Å². The van der Waals surface area contributed by atoms with Gasteiger partial charge in [-0.3, -0.25) is 0 Å². The van der Waals surface area contributed by atoms with E-state index in [-0.39, 0.29) is 12.2 Å². The van der Waals surface area contributed by atoms with Crippen LogP contribution in [0.2, 0.25) is 0 Å². The molecule has 0 atom stereocenters. The number of nitrogens with zero attached hydrogens (tertiary/aromatic N) is 4. The van der Waals surface area contributed by atoms with Crippen molar-refractivity contribution in [2.24, 2.45) is 0 Å². The van der Waals surface area contributed by atoms with E-state index in [0.29, 0.717) is 17.1 Å². The molecule has 1 N–H and O–H groups in total. The van der Waals surface area contributed by atoms with Crippen molar-refractivity contribution in [2.45, 2.75) is 13.5 Å². The van der Waals surface area contributed by atoms with Gasteiger partial charge in [-0.2, -0.15) is 4.68 Å². The summed E-state index contributed by atoms with van der Waals surface area (Å²) in [6.45, 7) is 1.97. The molecule has 24 heavy (non-hydrogen) atoms. The molecule has 7 nitrogen and oxygen atoms in total. The smallest absolute Gasteiger partial charge is 0.336 e. The Labute approximate surface area is 138 Å². The molecule has 0 unspecified atom stereocenters.